The lowest BCUT2D eigenvalue weighted by molar-refractivity contribution is 0.0923. The van der Waals surface area contributed by atoms with Gasteiger partial charge >= 0.3 is 5.69 Å². The van der Waals surface area contributed by atoms with Crippen LogP contribution in [0.4, 0.5) is 0 Å². The van der Waals surface area contributed by atoms with Gasteiger partial charge in [-0.3, -0.25) is 14.2 Å². The van der Waals surface area contributed by atoms with E-state index >= 15 is 0 Å². The van der Waals surface area contributed by atoms with Crippen LogP contribution in [0.1, 0.15) is 28.9 Å². The van der Waals surface area contributed by atoms with E-state index in [1.165, 1.54) is 11.3 Å². The number of nitrogens with one attached hydrogen (secondary N) is 2. The Balaban J connectivity index is 1.36. The molecular weight excluding hydrogens is 432 g/mol. The van der Waals surface area contributed by atoms with Gasteiger partial charge in [-0.15, -0.1) is 11.3 Å². The van der Waals surface area contributed by atoms with Gasteiger partial charge in [0.25, 0.3) is 11.5 Å². The maximum atomic E-state index is 12.7. The average Bonchev–Trinajstić information content (AvgIpc) is 3.49. The SMILES string of the molecule is COc1ccc(-c2nc(CCNC(=O)c3c[nH]c(=O)n(CC4CCCO4)c3=O)cs2)cc1. The number of carbonyl (C=O) groups excluding carboxylic acids is 1. The van der Waals surface area contributed by atoms with Crippen LogP contribution in [0, 0.1) is 0 Å². The molecule has 1 aliphatic rings. The van der Waals surface area contributed by atoms with Crippen LogP contribution in [0.25, 0.3) is 10.6 Å². The highest BCUT2D eigenvalue weighted by atomic mass is 32.1. The minimum atomic E-state index is -0.614. The molecule has 168 valence electrons. The molecule has 10 heteroatoms. The van der Waals surface area contributed by atoms with Gasteiger partial charge in [-0.25, -0.2) is 9.78 Å². The summed E-state index contributed by atoms with van der Waals surface area (Å²) in [7, 11) is 1.62. The third-order valence-corrected chi connectivity index (χ3v) is 6.21. The van der Waals surface area contributed by atoms with Crippen LogP contribution < -0.4 is 21.3 Å². The molecule has 0 bridgehead atoms. The zero-order valence-corrected chi connectivity index (χ0v) is 18.4. The number of amides is 1. The number of carbonyl (C=O) groups is 1. The second kappa shape index (κ2) is 9.92. The number of nitrogens with zero attached hydrogens (tertiary/aromatic N) is 2. The Bertz CT molecular complexity index is 1190. The van der Waals surface area contributed by atoms with Crippen molar-refractivity contribution in [1.29, 1.82) is 0 Å². The summed E-state index contributed by atoms with van der Waals surface area (Å²) >= 11 is 1.52. The molecule has 0 radical (unpaired) electrons. The predicted molar refractivity (Wildman–Crippen MR) is 120 cm³/mol. The van der Waals surface area contributed by atoms with Crippen molar-refractivity contribution in [3.05, 3.63) is 67.9 Å². The monoisotopic (exact) mass is 456 g/mol. The first-order valence-electron chi connectivity index (χ1n) is 10.4. The van der Waals surface area contributed by atoms with E-state index in [9.17, 15) is 14.4 Å². The number of thiazole rings is 1. The molecular formula is C22H24N4O5S. The molecule has 1 saturated heterocycles. The van der Waals surface area contributed by atoms with Gasteiger partial charge in [0.15, 0.2) is 0 Å². The number of methoxy groups -OCH3 is 1. The largest absolute Gasteiger partial charge is 0.497 e. The van der Waals surface area contributed by atoms with Crippen molar-refractivity contribution in [2.75, 3.05) is 20.3 Å². The summed E-state index contributed by atoms with van der Waals surface area (Å²) in [5.41, 5.74) is 0.581. The van der Waals surface area contributed by atoms with E-state index < -0.39 is 17.2 Å². The predicted octanol–water partition coefficient (Wildman–Crippen LogP) is 1.82. The summed E-state index contributed by atoms with van der Waals surface area (Å²) in [5, 5.41) is 5.56. The summed E-state index contributed by atoms with van der Waals surface area (Å²) in [4.78, 5) is 44.3. The number of rotatable bonds is 8. The van der Waals surface area contributed by atoms with E-state index in [0.717, 1.165) is 45.6 Å². The van der Waals surface area contributed by atoms with Gasteiger partial charge in [0, 0.05) is 36.7 Å². The third-order valence-electron chi connectivity index (χ3n) is 5.27. The average molecular weight is 457 g/mol. The first-order chi connectivity index (χ1) is 15.5. The zero-order valence-electron chi connectivity index (χ0n) is 17.6. The third kappa shape index (κ3) is 4.97. The molecule has 0 saturated carbocycles. The van der Waals surface area contributed by atoms with Crippen LogP contribution in [-0.2, 0) is 17.7 Å². The molecule has 32 heavy (non-hydrogen) atoms. The highest BCUT2D eigenvalue weighted by Gasteiger charge is 2.20. The number of benzene rings is 1. The second-order valence-electron chi connectivity index (χ2n) is 7.44. The Morgan fingerprint density at radius 3 is 2.88 bits per heavy atom. The minimum absolute atomic E-state index is 0.0974. The molecule has 1 aromatic carbocycles. The topological polar surface area (TPSA) is 115 Å². The lowest BCUT2D eigenvalue weighted by atomic mass is 10.2. The van der Waals surface area contributed by atoms with Crippen LogP contribution >= 0.6 is 11.3 Å². The Morgan fingerprint density at radius 2 is 2.16 bits per heavy atom. The molecule has 0 spiro atoms. The van der Waals surface area contributed by atoms with Gasteiger partial charge < -0.3 is 19.8 Å². The van der Waals surface area contributed by atoms with E-state index in [-0.39, 0.29) is 18.2 Å². The normalized spacial score (nSPS) is 15.6. The summed E-state index contributed by atoms with van der Waals surface area (Å²) in [5.74, 6) is 0.253. The quantitative estimate of drug-likeness (QED) is 0.534. The van der Waals surface area contributed by atoms with E-state index in [2.05, 4.69) is 15.3 Å². The van der Waals surface area contributed by atoms with Gasteiger partial charge in [-0.1, -0.05) is 0 Å². The Hall–Kier alpha value is -3.24. The molecule has 1 unspecified atom stereocenters. The number of hydrogen-bond donors (Lipinski definition) is 2. The molecule has 1 atom stereocenters. The highest BCUT2D eigenvalue weighted by Crippen LogP contribution is 2.25. The van der Waals surface area contributed by atoms with Crippen LogP contribution in [0.2, 0.25) is 0 Å². The number of hydrogen-bond acceptors (Lipinski definition) is 7. The summed E-state index contributed by atoms with van der Waals surface area (Å²) < 4.78 is 11.7. The lowest BCUT2D eigenvalue weighted by Gasteiger charge is -2.11. The number of aromatic amines is 1. The number of aromatic nitrogens is 3. The molecule has 0 aliphatic carbocycles. The van der Waals surface area contributed by atoms with Gasteiger partial charge in [0.1, 0.15) is 16.3 Å². The Labute approximate surface area is 188 Å². The fraction of sp³-hybridized carbons (Fsp3) is 0.364. The summed E-state index contributed by atoms with van der Waals surface area (Å²) in [6, 6.07) is 7.65. The highest BCUT2D eigenvalue weighted by molar-refractivity contribution is 7.13. The lowest BCUT2D eigenvalue weighted by Crippen LogP contribution is -2.42. The van der Waals surface area contributed by atoms with Crippen molar-refractivity contribution in [2.45, 2.75) is 31.9 Å². The van der Waals surface area contributed by atoms with Crippen molar-refractivity contribution < 1.29 is 14.3 Å². The van der Waals surface area contributed by atoms with Crippen LogP contribution in [0.5, 0.6) is 5.75 Å². The molecule has 3 aromatic rings. The summed E-state index contributed by atoms with van der Waals surface area (Å²) in [6.07, 6.45) is 3.18. The van der Waals surface area contributed by atoms with Gasteiger partial charge in [-0.05, 0) is 37.1 Å². The molecule has 4 rings (SSSR count). The molecule has 9 nitrogen and oxygen atoms in total. The van der Waals surface area contributed by atoms with Crippen LogP contribution in [0.15, 0.2) is 45.4 Å². The maximum Gasteiger partial charge on any atom is 0.328 e. The van der Waals surface area contributed by atoms with E-state index in [4.69, 9.17) is 9.47 Å². The van der Waals surface area contributed by atoms with Crippen molar-refractivity contribution in [3.63, 3.8) is 0 Å². The molecule has 2 N–H and O–H groups in total. The maximum absolute atomic E-state index is 12.7. The van der Waals surface area contributed by atoms with E-state index in [1.807, 2.05) is 29.6 Å². The number of ether oxygens (including phenoxy) is 2. The molecule has 1 aliphatic heterocycles. The zero-order chi connectivity index (χ0) is 22.5. The van der Waals surface area contributed by atoms with Gasteiger partial charge in [0.2, 0.25) is 0 Å². The fourth-order valence-electron chi connectivity index (χ4n) is 3.52. The summed E-state index contributed by atoms with van der Waals surface area (Å²) in [6.45, 7) is 1.07. The van der Waals surface area contributed by atoms with Crippen molar-refractivity contribution >= 4 is 17.2 Å². The van der Waals surface area contributed by atoms with Gasteiger partial charge in [0.05, 0.1) is 25.5 Å². The smallest absolute Gasteiger partial charge is 0.328 e. The first kappa shape index (κ1) is 22.0. The Kier molecular flexibility index (Phi) is 6.81. The molecule has 3 heterocycles. The van der Waals surface area contributed by atoms with E-state index in [0.29, 0.717) is 19.6 Å². The minimum Gasteiger partial charge on any atom is -0.497 e. The molecule has 1 amide bonds. The van der Waals surface area contributed by atoms with Gasteiger partial charge in [-0.2, -0.15) is 0 Å². The van der Waals surface area contributed by atoms with Crippen molar-refractivity contribution in [2.24, 2.45) is 0 Å². The van der Waals surface area contributed by atoms with Crippen LogP contribution in [-0.4, -0.2) is 46.8 Å². The van der Waals surface area contributed by atoms with Crippen molar-refractivity contribution in [3.8, 4) is 16.3 Å². The molecule has 1 fully saturated rings. The first-order valence-corrected chi connectivity index (χ1v) is 11.2. The standard InChI is InChI=1S/C22H24N4O5S/c1-30-16-6-4-14(5-7-16)20-25-15(13-32-20)8-9-23-19(27)18-11-24-22(29)26(21(18)28)12-17-3-2-10-31-17/h4-7,11,13,17H,2-3,8-10,12H2,1H3,(H,23,27)(H,24,29). The molecule has 2 aromatic heterocycles. The second-order valence-corrected chi connectivity index (χ2v) is 8.29. The fourth-order valence-corrected chi connectivity index (χ4v) is 4.38. The van der Waals surface area contributed by atoms with E-state index in [1.54, 1.807) is 7.11 Å². The van der Waals surface area contributed by atoms with Crippen LogP contribution in [0.3, 0.4) is 0 Å². The Morgan fingerprint density at radius 1 is 1.34 bits per heavy atom. The number of H-pyrrole nitrogens is 1. The van der Waals surface area contributed by atoms with Crippen molar-refractivity contribution in [1.82, 2.24) is 19.9 Å².